The van der Waals surface area contributed by atoms with E-state index in [0.29, 0.717) is 11.7 Å². The molecule has 0 bridgehead atoms. The van der Waals surface area contributed by atoms with Crippen LogP contribution in [-0.4, -0.2) is 20.1 Å². The van der Waals surface area contributed by atoms with Crippen LogP contribution in [0.3, 0.4) is 0 Å². The predicted octanol–water partition coefficient (Wildman–Crippen LogP) is 5.32. The molecule has 0 unspecified atom stereocenters. The molecule has 1 N–H and O–H groups in total. The third-order valence-corrected chi connectivity index (χ3v) is 5.04. The van der Waals surface area contributed by atoms with Gasteiger partial charge in [0, 0.05) is 33.8 Å². The molecule has 0 spiro atoms. The number of benzene rings is 2. The van der Waals surface area contributed by atoms with Crippen molar-refractivity contribution in [1.82, 2.24) is 20.1 Å². The number of H-pyrrole nitrogens is 1. The van der Waals surface area contributed by atoms with Crippen molar-refractivity contribution in [3.05, 3.63) is 65.1 Å². The lowest BCUT2D eigenvalue weighted by molar-refractivity contribution is 0.432. The van der Waals surface area contributed by atoms with Gasteiger partial charge in [0.2, 0.25) is 5.82 Å². The molecule has 2 aromatic carbocycles. The summed E-state index contributed by atoms with van der Waals surface area (Å²) in [5.41, 5.74) is 4.86. The molecule has 0 saturated carbocycles. The quantitative estimate of drug-likeness (QED) is 0.474. The van der Waals surface area contributed by atoms with E-state index < -0.39 is 0 Å². The number of aryl methyl sites for hydroxylation is 1. The Hall–Kier alpha value is -3.25. The number of aromatic nitrogens is 4. The summed E-state index contributed by atoms with van der Waals surface area (Å²) < 4.78 is 5.49. The first-order chi connectivity index (χ1) is 12.8. The van der Waals surface area contributed by atoms with Crippen LogP contribution < -0.4 is 0 Å². The minimum absolute atomic E-state index is 0.506. The maximum absolute atomic E-state index is 5.49. The maximum Gasteiger partial charge on any atom is 0.258 e. The van der Waals surface area contributed by atoms with E-state index in [2.05, 4.69) is 25.5 Å². The van der Waals surface area contributed by atoms with Crippen molar-refractivity contribution in [2.45, 2.75) is 6.92 Å². The third kappa shape index (κ3) is 2.60. The van der Waals surface area contributed by atoms with Gasteiger partial charge in [0.1, 0.15) is 0 Å². The van der Waals surface area contributed by atoms with Crippen molar-refractivity contribution in [1.29, 1.82) is 0 Å². The topological polar surface area (TPSA) is 67.6 Å². The molecule has 0 aliphatic rings. The van der Waals surface area contributed by atoms with Crippen LogP contribution in [0.4, 0.5) is 0 Å². The molecular weight excluding hydrogens is 344 g/mol. The predicted molar refractivity (Wildman–Crippen MR) is 103 cm³/mol. The summed E-state index contributed by atoms with van der Waals surface area (Å²) in [6, 6.07) is 16.1. The van der Waals surface area contributed by atoms with Gasteiger partial charge in [-0.2, -0.15) is 4.98 Å². The fourth-order valence-corrected chi connectivity index (χ4v) is 3.57. The van der Waals surface area contributed by atoms with Crippen molar-refractivity contribution in [3.63, 3.8) is 0 Å². The molecule has 0 amide bonds. The van der Waals surface area contributed by atoms with Gasteiger partial charge in [0.15, 0.2) is 0 Å². The minimum atomic E-state index is 0.506. The standard InChI is InChI=1S/C20H14N4OS/c1-12-22-18(11-26-12)14-3-2-4-15(9-14)19-23-20(25-24-19)16-6-5-13-7-8-21-17(13)10-16/h2-11,21H,1H3. The second kappa shape index (κ2) is 5.93. The number of thiazole rings is 1. The van der Waals surface area contributed by atoms with Crippen LogP contribution in [0.5, 0.6) is 0 Å². The number of rotatable bonds is 3. The molecule has 0 aliphatic carbocycles. The lowest BCUT2D eigenvalue weighted by Crippen LogP contribution is -1.84. The Balaban J connectivity index is 1.52. The summed E-state index contributed by atoms with van der Waals surface area (Å²) in [6.45, 7) is 2.00. The van der Waals surface area contributed by atoms with Crippen LogP contribution in [0, 0.1) is 6.92 Å². The number of aromatic amines is 1. The lowest BCUT2D eigenvalue weighted by Gasteiger charge is -1.99. The molecule has 0 fully saturated rings. The second-order valence-electron chi connectivity index (χ2n) is 6.04. The van der Waals surface area contributed by atoms with Gasteiger partial charge in [-0.3, -0.25) is 0 Å². The summed E-state index contributed by atoms with van der Waals surface area (Å²) >= 11 is 1.64. The first-order valence-corrected chi connectivity index (χ1v) is 9.08. The highest BCUT2D eigenvalue weighted by molar-refractivity contribution is 7.09. The largest absolute Gasteiger partial charge is 0.361 e. The van der Waals surface area contributed by atoms with Crippen LogP contribution in [0.15, 0.2) is 64.6 Å². The highest BCUT2D eigenvalue weighted by Crippen LogP contribution is 2.28. The summed E-state index contributed by atoms with van der Waals surface area (Å²) in [7, 11) is 0. The van der Waals surface area contributed by atoms with Crippen LogP contribution in [0.2, 0.25) is 0 Å². The van der Waals surface area contributed by atoms with Gasteiger partial charge in [0.25, 0.3) is 5.89 Å². The van der Waals surface area contributed by atoms with Crippen molar-refractivity contribution in [2.75, 3.05) is 0 Å². The van der Waals surface area contributed by atoms with Crippen LogP contribution in [-0.2, 0) is 0 Å². The second-order valence-corrected chi connectivity index (χ2v) is 7.10. The van der Waals surface area contributed by atoms with Crippen molar-refractivity contribution < 1.29 is 4.52 Å². The first kappa shape index (κ1) is 15.0. The van der Waals surface area contributed by atoms with E-state index in [1.54, 1.807) is 11.3 Å². The molecule has 3 heterocycles. The van der Waals surface area contributed by atoms with Crippen LogP contribution in [0.25, 0.3) is 45.0 Å². The lowest BCUT2D eigenvalue weighted by atomic mass is 10.1. The van der Waals surface area contributed by atoms with Gasteiger partial charge in [-0.05, 0) is 36.6 Å². The van der Waals surface area contributed by atoms with Crippen molar-refractivity contribution >= 4 is 22.2 Å². The molecule has 126 valence electrons. The fourth-order valence-electron chi connectivity index (χ4n) is 2.95. The van der Waals surface area contributed by atoms with Crippen molar-refractivity contribution in [3.8, 4) is 34.1 Å². The van der Waals surface area contributed by atoms with Crippen molar-refractivity contribution in [2.24, 2.45) is 0 Å². The highest BCUT2D eigenvalue weighted by atomic mass is 32.1. The van der Waals surface area contributed by atoms with Gasteiger partial charge in [0.05, 0.1) is 10.7 Å². The Kier molecular flexibility index (Phi) is 3.43. The van der Waals surface area contributed by atoms with Gasteiger partial charge in [-0.1, -0.05) is 29.4 Å². The number of nitrogens with zero attached hydrogens (tertiary/aromatic N) is 3. The van der Waals surface area contributed by atoms with Gasteiger partial charge < -0.3 is 9.51 Å². The monoisotopic (exact) mass is 358 g/mol. The third-order valence-electron chi connectivity index (χ3n) is 4.26. The van der Waals surface area contributed by atoms with E-state index in [4.69, 9.17) is 4.52 Å². The smallest absolute Gasteiger partial charge is 0.258 e. The Labute approximate surface area is 153 Å². The van der Waals surface area contributed by atoms with Crippen LogP contribution >= 0.6 is 11.3 Å². The zero-order chi connectivity index (χ0) is 17.5. The zero-order valence-electron chi connectivity index (χ0n) is 13.9. The van der Waals surface area contributed by atoms with E-state index in [1.807, 2.05) is 61.7 Å². The molecule has 5 aromatic rings. The number of hydrogen-bond acceptors (Lipinski definition) is 5. The van der Waals surface area contributed by atoms with E-state index >= 15 is 0 Å². The van der Waals surface area contributed by atoms with Gasteiger partial charge >= 0.3 is 0 Å². The minimum Gasteiger partial charge on any atom is -0.361 e. The summed E-state index contributed by atoms with van der Waals surface area (Å²) in [5.74, 6) is 1.08. The number of nitrogens with one attached hydrogen (secondary N) is 1. The Bertz CT molecular complexity index is 1220. The normalized spacial score (nSPS) is 11.3. The molecule has 3 aromatic heterocycles. The molecule has 0 atom stereocenters. The Morgan fingerprint density at radius 1 is 0.962 bits per heavy atom. The molecule has 5 rings (SSSR count). The average molecular weight is 358 g/mol. The molecule has 0 aliphatic heterocycles. The first-order valence-electron chi connectivity index (χ1n) is 8.20. The van der Waals surface area contributed by atoms with Gasteiger partial charge in [-0.15, -0.1) is 11.3 Å². The zero-order valence-corrected chi connectivity index (χ0v) is 14.7. The molecule has 26 heavy (non-hydrogen) atoms. The molecule has 0 radical (unpaired) electrons. The average Bonchev–Trinajstić information content (AvgIpc) is 3.41. The highest BCUT2D eigenvalue weighted by Gasteiger charge is 2.12. The molecule has 6 heteroatoms. The molecular formula is C20H14N4OS. The SMILES string of the molecule is Cc1nc(-c2cccc(-c3noc(-c4ccc5cc[nH]c5c4)n3)c2)cs1. The molecule has 5 nitrogen and oxygen atoms in total. The number of hydrogen-bond donors (Lipinski definition) is 1. The van der Waals surface area contributed by atoms with E-state index in [0.717, 1.165) is 38.3 Å². The van der Waals surface area contributed by atoms with Gasteiger partial charge in [-0.25, -0.2) is 4.98 Å². The summed E-state index contributed by atoms with van der Waals surface area (Å²) in [6.07, 6.45) is 1.92. The number of fused-ring (bicyclic) bond motifs is 1. The summed E-state index contributed by atoms with van der Waals surface area (Å²) in [4.78, 5) is 12.3. The van der Waals surface area contributed by atoms with Crippen LogP contribution in [0.1, 0.15) is 5.01 Å². The van der Waals surface area contributed by atoms with E-state index in [-0.39, 0.29) is 0 Å². The maximum atomic E-state index is 5.49. The molecule has 0 saturated heterocycles. The fraction of sp³-hybridized carbons (Fsp3) is 0.0500. The Morgan fingerprint density at radius 2 is 1.88 bits per heavy atom. The van der Waals surface area contributed by atoms with E-state index in [9.17, 15) is 0 Å². The summed E-state index contributed by atoms with van der Waals surface area (Å²) in [5, 5.41) is 8.41. The van der Waals surface area contributed by atoms with E-state index in [1.165, 1.54) is 0 Å². The Morgan fingerprint density at radius 3 is 2.77 bits per heavy atom.